The van der Waals surface area contributed by atoms with Crippen molar-refractivity contribution in [1.82, 2.24) is 9.97 Å². The van der Waals surface area contributed by atoms with Crippen LogP contribution in [0.25, 0.3) is 22.4 Å². The summed E-state index contributed by atoms with van der Waals surface area (Å²) in [5, 5.41) is 0. The van der Waals surface area contributed by atoms with E-state index in [0.29, 0.717) is 0 Å². The number of hydrogen-bond acceptors (Lipinski definition) is 2. The second-order valence-corrected chi connectivity index (χ2v) is 5.32. The Kier molecular flexibility index (Phi) is 3.45. The van der Waals surface area contributed by atoms with Crippen molar-refractivity contribution < 1.29 is 0 Å². The molecule has 0 atom stereocenters. The van der Waals surface area contributed by atoms with Gasteiger partial charge in [-0.2, -0.15) is 0 Å². The zero-order valence-corrected chi connectivity index (χ0v) is 12.5. The Labute approximate surface area is 134 Å². The fourth-order valence-corrected chi connectivity index (χ4v) is 2.50. The van der Waals surface area contributed by atoms with Crippen LogP contribution in [-0.2, 0) is 0 Å². The molecule has 110 valence electrons. The van der Waals surface area contributed by atoms with Crippen LogP contribution in [0.2, 0.25) is 0 Å². The molecule has 0 spiro atoms. The maximum Gasteiger partial charge on any atom is 0.138 e. The molecule has 0 bridgehead atoms. The second-order valence-electron chi connectivity index (χ2n) is 5.32. The van der Waals surface area contributed by atoms with Gasteiger partial charge in [0.25, 0.3) is 0 Å². The van der Waals surface area contributed by atoms with Crippen LogP contribution in [0.3, 0.4) is 0 Å². The van der Waals surface area contributed by atoms with Gasteiger partial charge in [-0.05, 0) is 23.8 Å². The predicted octanol–water partition coefficient (Wildman–Crippen LogP) is 4.98. The third kappa shape index (κ3) is 2.90. The average molecular weight is 297 g/mol. The second kappa shape index (κ2) is 5.89. The number of nitrogens with one attached hydrogen (secondary N) is 1. The molecule has 3 nitrogen and oxygen atoms in total. The molecule has 0 saturated heterocycles. The zero-order chi connectivity index (χ0) is 15.5. The number of benzene rings is 3. The summed E-state index contributed by atoms with van der Waals surface area (Å²) in [7, 11) is 0. The van der Waals surface area contributed by atoms with Gasteiger partial charge >= 0.3 is 0 Å². The number of fused-ring (bicyclic) bond motifs is 1. The Morgan fingerprint density at radius 2 is 1.57 bits per heavy atom. The standard InChI is InChI=1S/C20H15N3/c1-3-7-15(8-4-1)14-21-17-11-12-18-19(13-17)23-20(22-18)16-9-5-2-6-10-16/h1-14H,(H,22,23). The molecule has 1 heterocycles. The largest absolute Gasteiger partial charge is 0.338 e. The number of aromatic nitrogens is 2. The zero-order valence-electron chi connectivity index (χ0n) is 12.5. The Balaban J connectivity index is 1.67. The van der Waals surface area contributed by atoms with E-state index in [4.69, 9.17) is 0 Å². The van der Waals surface area contributed by atoms with Crippen molar-refractivity contribution in [3.8, 4) is 11.4 Å². The number of aliphatic imine (C=N–C) groups is 1. The van der Waals surface area contributed by atoms with E-state index < -0.39 is 0 Å². The average Bonchev–Trinajstić information content (AvgIpc) is 3.05. The SMILES string of the molecule is C(=Nc1ccc2nc(-c3ccccc3)[nH]c2c1)c1ccccc1. The highest BCUT2D eigenvalue weighted by molar-refractivity contribution is 5.85. The van der Waals surface area contributed by atoms with Gasteiger partial charge in [-0.25, -0.2) is 4.98 Å². The van der Waals surface area contributed by atoms with Crippen LogP contribution in [0.5, 0.6) is 0 Å². The van der Waals surface area contributed by atoms with Crippen LogP contribution in [-0.4, -0.2) is 16.2 Å². The van der Waals surface area contributed by atoms with Crippen LogP contribution in [0.4, 0.5) is 5.69 Å². The quantitative estimate of drug-likeness (QED) is 0.532. The minimum Gasteiger partial charge on any atom is -0.338 e. The first-order chi connectivity index (χ1) is 11.4. The smallest absolute Gasteiger partial charge is 0.138 e. The van der Waals surface area contributed by atoms with Gasteiger partial charge in [0.1, 0.15) is 5.82 Å². The van der Waals surface area contributed by atoms with Crippen molar-refractivity contribution in [2.45, 2.75) is 0 Å². The van der Waals surface area contributed by atoms with Crippen LogP contribution in [0, 0.1) is 0 Å². The van der Waals surface area contributed by atoms with Crippen LogP contribution in [0.15, 0.2) is 83.9 Å². The van der Waals surface area contributed by atoms with Crippen molar-refractivity contribution in [3.63, 3.8) is 0 Å². The van der Waals surface area contributed by atoms with Crippen molar-refractivity contribution in [3.05, 3.63) is 84.4 Å². The minimum absolute atomic E-state index is 0.879. The first-order valence-corrected chi connectivity index (χ1v) is 7.53. The van der Waals surface area contributed by atoms with E-state index in [0.717, 1.165) is 33.7 Å². The third-order valence-corrected chi connectivity index (χ3v) is 3.67. The molecule has 0 fully saturated rings. The molecule has 1 N–H and O–H groups in total. The maximum atomic E-state index is 4.63. The summed E-state index contributed by atoms with van der Waals surface area (Å²) >= 11 is 0. The monoisotopic (exact) mass is 297 g/mol. The summed E-state index contributed by atoms with van der Waals surface area (Å²) in [6.07, 6.45) is 1.87. The van der Waals surface area contributed by atoms with E-state index >= 15 is 0 Å². The van der Waals surface area contributed by atoms with E-state index in [1.54, 1.807) is 0 Å². The number of aromatic amines is 1. The van der Waals surface area contributed by atoms with E-state index in [1.807, 2.05) is 85.1 Å². The molecule has 0 aliphatic carbocycles. The van der Waals surface area contributed by atoms with Gasteiger partial charge < -0.3 is 4.98 Å². The Bertz CT molecular complexity index is 954. The Hall–Kier alpha value is -3.20. The molecule has 0 aliphatic heterocycles. The normalized spacial score (nSPS) is 11.3. The lowest BCUT2D eigenvalue weighted by Gasteiger charge is -1.94. The van der Waals surface area contributed by atoms with Crippen LogP contribution in [0.1, 0.15) is 5.56 Å². The van der Waals surface area contributed by atoms with Gasteiger partial charge in [0.05, 0.1) is 16.7 Å². The van der Waals surface area contributed by atoms with Gasteiger partial charge in [-0.3, -0.25) is 4.99 Å². The van der Waals surface area contributed by atoms with Crippen LogP contribution < -0.4 is 0 Å². The first-order valence-electron chi connectivity index (χ1n) is 7.53. The van der Waals surface area contributed by atoms with Gasteiger partial charge in [0.15, 0.2) is 0 Å². The highest BCUT2D eigenvalue weighted by Gasteiger charge is 2.05. The lowest BCUT2D eigenvalue weighted by molar-refractivity contribution is 1.34. The number of imidazole rings is 1. The Morgan fingerprint density at radius 1 is 0.826 bits per heavy atom. The molecule has 0 aliphatic rings. The number of rotatable bonds is 3. The molecule has 4 aromatic rings. The van der Waals surface area contributed by atoms with E-state index in [-0.39, 0.29) is 0 Å². The molecule has 0 amide bonds. The molecule has 0 radical (unpaired) electrons. The minimum atomic E-state index is 0.879. The molecule has 4 rings (SSSR count). The van der Waals surface area contributed by atoms with Crippen LogP contribution >= 0.6 is 0 Å². The van der Waals surface area contributed by atoms with Crippen molar-refractivity contribution in [2.75, 3.05) is 0 Å². The number of nitrogens with zero attached hydrogens (tertiary/aromatic N) is 2. The summed E-state index contributed by atoms with van der Waals surface area (Å²) in [4.78, 5) is 12.5. The van der Waals surface area contributed by atoms with Crippen molar-refractivity contribution in [1.29, 1.82) is 0 Å². The molecular formula is C20H15N3. The summed E-state index contributed by atoms with van der Waals surface area (Å²) in [6, 6.07) is 26.2. The molecule has 0 unspecified atom stereocenters. The molecule has 3 heteroatoms. The molecule has 3 aromatic carbocycles. The van der Waals surface area contributed by atoms with E-state index in [2.05, 4.69) is 15.0 Å². The van der Waals surface area contributed by atoms with E-state index in [1.165, 1.54) is 0 Å². The van der Waals surface area contributed by atoms with E-state index in [9.17, 15) is 0 Å². The third-order valence-electron chi connectivity index (χ3n) is 3.67. The topological polar surface area (TPSA) is 41.0 Å². The van der Waals surface area contributed by atoms with Gasteiger partial charge in [-0.1, -0.05) is 60.7 Å². The van der Waals surface area contributed by atoms with Crippen molar-refractivity contribution >= 4 is 22.9 Å². The summed E-state index contributed by atoms with van der Waals surface area (Å²) in [5.41, 5.74) is 5.01. The fraction of sp³-hybridized carbons (Fsp3) is 0. The summed E-state index contributed by atoms with van der Waals surface area (Å²) < 4.78 is 0. The molecular weight excluding hydrogens is 282 g/mol. The fourth-order valence-electron chi connectivity index (χ4n) is 2.50. The summed E-state index contributed by atoms with van der Waals surface area (Å²) in [6.45, 7) is 0. The molecule has 0 saturated carbocycles. The summed E-state index contributed by atoms with van der Waals surface area (Å²) in [5.74, 6) is 0.879. The van der Waals surface area contributed by atoms with Crippen molar-refractivity contribution in [2.24, 2.45) is 4.99 Å². The first kappa shape index (κ1) is 13.5. The Morgan fingerprint density at radius 3 is 2.35 bits per heavy atom. The molecule has 1 aromatic heterocycles. The van der Waals surface area contributed by atoms with Gasteiger partial charge in [0.2, 0.25) is 0 Å². The lowest BCUT2D eigenvalue weighted by Crippen LogP contribution is -1.78. The highest BCUT2D eigenvalue weighted by Crippen LogP contribution is 2.23. The van der Waals surface area contributed by atoms with Gasteiger partial charge in [0, 0.05) is 11.8 Å². The number of hydrogen-bond donors (Lipinski definition) is 1. The highest BCUT2D eigenvalue weighted by atomic mass is 14.9. The maximum absolute atomic E-state index is 4.63. The lowest BCUT2D eigenvalue weighted by atomic mass is 10.2. The number of H-pyrrole nitrogens is 1. The molecule has 23 heavy (non-hydrogen) atoms. The van der Waals surface area contributed by atoms with Gasteiger partial charge in [-0.15, -0.1) is 0 Å². The predicted molar refractivity (Wildman–Crippen MR) is 95.2 cm³/mol.